The third-order valence-electron chi connectivity index (χ3n) is 4.37. The fraction of sp³-hybridized carbons (Fsp3) is 0.100. The largest absolute Gasteiger partial charge is 0.504 e. The van der Waals surface area contributed by atoms with Gasteiger partial charge in [0.25, 0.3) is 0 Å². The van der Waals surface area contributed by atoms with Gasteiger partial charge >= 0.3 is 0 Å². The number of phenols is 2. The summed E-state index contributed by atoms with van der Waals surface area (Å²) in [7, 11) is 0. The minimum absolute atomic E-state index is 0.192. The Morgan fingerprint density at radius 1 is 1.00 bits per heavy atom. The second-order valence-electron chi connectivity index (χ2n) is 6.09. The number of nitrogens with two attached hydrogens (primary N) is 1. The molecular weight excluding hydrogens is 344 g/mol. The van der Waals surface area contributed by atoms with E-state index in [-0.39, 0.29) is 11.5 Å². The van der Waals surface area contributed by atoms with Crippen LogP contribution < -0.4 is 10.5 Å². The SMILES string of the molecule is CCc1[nH]c(-c2ccc(Oc3ccc(O)c(O)c3)cc2)c2c(N)ncnc12. The highest BCUT2D eigenvalue weighted by Gasteiger charge is 2.15. The Morgan fingerprint density at radius 2 is 1.74 bits per heavy atom. The first-order chi connectivity index (χ1) is 13.1. The lowest BCUT2D eigenvalue weighted by molar-refractivity contribution is 0.398. The van der Waals surface area contributed by atoms with Crippen molar-refractivity contribution >= 4 is 16.7 Å². The maximum absolute atomic E-state index is 9.57. The third-order valence-corrected chi connectivity index (χ3v) is 4.37. The molecule has 0 saturated heterocycles. The van der Waals surface area contributed by atoms with Crippen molar-refractivity contribution in [2.75, 3.05) is 5.73 Å². The van der Waals surface area contributed by atoms with Crippen LogP contribution in [0.5, 0.6) is 23.0 Å². The quantitative estimate of drug-likeness (QED) is 0.408. The number of H-pyrrole nitrogens is 1. The molecule has 4 rings (SSSR count). The number of aromatic hydroxyl groups is 2. The molecule has 0 amide bonds. The summed E-state index contributed by atoms with van der Waals surface area (Å²) in [6.07, 6.45) is 2.27. The van der Waals surface area contributed by atoms with Crippen molar-refractivity contribution in [3.8, 4) is 34.3 Å². The van der Waals surface area contributed by atoms with Gasteiger partial charge in [-0.05, 0) is 48.4 Å². The van der Waals surface area contributed by atoms with Crippen molar-refractivity contribution in [2.24, 2.45) is 0 Å². The van der Waals surface area contributed by atoms with Gasteiger partial charge in [0.05, 0.1) is 16.6 Å². The predicted molar refractivity (Wildman–Crippen MR) is 103 cm³/mol. The number of phenolic OH excluding ortho intramolecular Hbond substituents is 2. The molecule has 4 aromatic rings. The van der Waals surface area contributed by atoms with Crippen LogP contribution in [0, 0.1) is 0 Å². The molecule has 0 bridgehead atoms. The average molecular weight is 362 g/mol. The van der Waals surface area contributed by atoms with E-state index < -0.39 is 0 Å². The number of benzene rings is 2. The van der Waals surface area contributed by atoms with Gasteiger partial charge in [-0.1, -0.05) is 6.92 Å². The number of rotatable bonds is 4. The number of hydrogen-bond acceptors (Lipinski definition) is 6. The van der Waals surface area contributed by atoms with Crippen molar-refractivity contribution in [2.45, 2.75) is 13.3 Å². The highest BCUT2D eigenvalue weighted by atomic mass is 16.5. The average Bonchev–Trinajstić information content (AvgIpc) is 3.06. The molecular formula is C20H18N4O3. The third kappa shape index (κ3) is 2.99. The number of nitrogens with one attached hydrogen (secondary N) is 1. The molecule has 2 aromatic carbocycles. The number of anilines is 1. The van der Waals surface area contributed by atoms with Gasteiger partial charge in [-0.15, -0.1) is 0 Å². The summed E-state index contributed by atoms with van der Waals surface area (Å²) in [6, 6.07) is 11.8. The van der Waals surface area contributed by atoms with Gasteiger partial charge in [-0.3, -0.25) is 0 Å². The van der Waals surface area contributed by atoms with Gasteiger partial charge in [0.1, 0.15) is 23.6 Å². The monoisotopic (exact) mass is 362 g/mol. The molecule has 2 aromatic heterocycles. The Kier molecular flexibility index (Phi) is 4.04. The summed E-state index contributed by atoms with van der Waals surface area (Å²) in [5.41, 5.74) is 9.72. The van der Waals surface area contributed by atoms with E-state index in [1.807, 2.05) is 24.3 Å². The lowest BCUT2D eigenvalue weighted by Gasteiger charge is -2.08. The van der Waals surface area contributed by atoms with E-state index in [2.05, 4.69) is 21.9 Å². The Balaban J connectivity index is 1.68. The molecule has 136 valence electrons. The molecule has 0 radical (unpaired) electrons. The normalized spacial score (nSPS) is 11.0. The maximum Gasteiger partial charge on any atom is 0.161 e. The fourth-order valence-corrected chi connectivity index (χ4v) is 3.01. The van der Waals surface area contributed by atoms with Crippen molar-refractivity contribution in [3.05, 3.63) is 54.5 Å². The van der Waals surface area contributed by atoms with Crippen LogP contribution in [0.1, 0.15) is 12.6 Å². The molecule has 0 aliphatic heterocycles. The molecule has 0 aliphatic carbocycles. The summed E-state index contributed by atoms with van der Waals surface area (Å²) < 4.78 is 5.71. The summed E-state index contributed by atoms with van der Waals surface area (Å²) in [6.45, 7) is 2.05. The van der Waals surface area contributed by atoms with Gasteiger partial charge in [-0.25, -0.2) is 9.97 Å². The summed E-state index contributed by atoms with van der Waals surface area (Å²) >= 11 is 0. The summed E-state index contributed by atoms with van der Waals surface area (Å²) in [4.78, 5) is 11.9. The van der Waals surface area contributed by atoms with Gasteiger partial charge in [0, 0.05) is 11.8 Å². The van der Waals surface area contributed by atoms with Crippen LogP contribution in [-0.2, 0) is 6.42 Å². The molecule has 0 atom stereocenters. The topological polar surface area (TPSA) is 117 Å². The van der Waals surface area contributed by atoms with E-state index in [1.54, 1.807) is 6.07 Å². The summed E-state index contributed by atoms with van der Waals surface area (Å²) in [5.74, 6) is 1.03. The van der Waals surface area contributed by atoms with E-state index >= 15 is 0 Å². The Bertz CT molecular complexity index is 1120. The number of ether oxygens (including phenoxy) is 1. The molecule has 0 unspecified atom stereocenters. The number of nitrogens with zero attached hydrogens (tertiary/aromatic N) is 2. The zero-order chi connectivity index (χ0) is 19.0. The van der Waals surface area contributed by atoms with Crippen molar-refractivity contribution in [1.82, 2.24) is 15.0 Å². The lowest BCUT2D eigenvalue weighted by Crippen LogP contribution is -1.93. The molecule has 2 heterocycles. The Morgan fingerprint density at radius 3 is 2.44 bits per heavy atom. The minimum atomic E-state index is -0.232. The molecule has 0 saturated carbocycles. The van der Waals surface area contributed by atoms with Crippen LogP contribution in [0.2, 0.25) is 0 Å². The first-order valence-corrected chi connectivity index (χ1v) is 8.48. The van der Waals surface area contributed by atoms with Crippen LogP contribution in [-0.4, -0.2) is 25.2 Å². The minimum Gasteiger partial charge on any atom is -0.504 e. The van der Waals surface area contributed by atoms with E-state index in [0.717, 1.165) is 34.3 Å². The lowest BCUT2D eigenvalue weighted by atomic mass is 10.1. The first-order valence-electron chi connectivity index (χ1n) is 8.48. The second kappa shape index (κ2) is 6.53. The molecule has 27 heavy (non-hydrogen) atoms. The van der Waals surface area contributed by atoms with Gasteiger partial charge in [0.2, 0.25) is 0 Å². The standard InChI is InChI=1S/C20H18N4O3/c1-2-14-19-17(20(21)23-10-22-19)18(24-14)11-3-5-12(6-4-11)27-13-7-8-15(25)16(26)9-13/h3-10,24-26H,2H2,1H3,(H2,21,22,23). The number of fused-ring (bicyclic) bond motifs is 1. The van der Waals surface area contributed by atoms with Crippen LogP contribution in [0.15, 0.2) is 48.8 Å². The number of aryl methyl sites for hydroxylation is 1. The number of nitrogen functional groups attached to an aromatic ring is 1. The number of hydrogen-bond donors (Lipinski definition) is 4. The van der Waals surface area contributed by atoms with Crippen LogP contribution in [0.3, 0.4) is 0 Å². The Hall–Kier alpha value is -3.74. The molecule has 7 heteroatoms. The highest BCUT2D eigenvalue weighted by molar-refractivity contribution is 6.01. The van der Waals surface area contributed by atoms with Crippen LogP contribution in [0.4, 0.5) is 5.82 Å². The van der Waals surface area contributed by atoms with Crippen molar-refractivity contribution < 1.29 is 14.9 Å². The van der Waals surface area contributed by atoms with E-state index in [0.29, 0.717) is 17.3 Å². The maximum atomic E-state index is 9.57. The second-order valence-corrected chi connectivity index (χ2v) is 6.09. The molecule has 7 nitrogen and oxygen atoms in total. The molecule has 0 aliphatic rings. The van der Waals surface area contributed by atoms with E-state index in [4.69, 9.17) is 10.5 Å². The van der Waals surface area contributed by atoms with Gasteiger partial charge < -0.3 is 25.7 Å². The van der Waals surface area contributed by atoms with Crippen LogP contribution in [0.25, 0.3) is 22.2 Å². The molecule has 5 N–H and O–H groups in total. The van der Waals surface area contributed by atoms with Crippen molar-refractivity contribution in [1.29, 1.82) is 0 Å². The van der Waals surface area contributed by atoms with Gasteiger partial charge in [-0.2, -0.15) is 0 Å². The van der Waals surface area contributed by atoms with E-state index in [1.165, 1.54) is 18.5 Å². The Labute approximate surface area is 155 Å². The van der Waals surface area contributed by atoms with Gasteiger partial charge in [0.15, 0.2) is 11.5 Å². The smallest absolute Gasteiger partial charge is 0.161 e. The number of aromatic amines is 1. The zero-order valence-electron chi connectivity index (χ0n) is 14.6. The van der Waals surface area contributed by atoms with Crippen LogP contribution >= 0.6 is 0 Å². The highest BCUT2D eigenvalue weighted by Crippen LogP contribution is 2.35. The molecule has 0 spiro atoms. The number of aromatic nitrogens is 3. The van der Waals surface area contributed by atoms with Crippen molar-refractivity contribution in [3.63, 3.8) is 0 Å². The first kappa shape index (κ1) is 16.7. The fourth-order valence-electron chi connectivity index (χ4n) is 3.01. The molecule has 0 fully saturated rings. The zero-order valence-corrected chi connectivity index (χ0v) is 14.6. The van der Waals surface area contributed by atoms with E-state index in [9.17, 15) is 10.2 Å². The predicted octanol–water partition coefficient (Wildman–Crippen LogP) is 3.97. The summed E-state index contributed by atoms with van der Waals surface area (Å²) in [5, 5.41) is 19.8.